The van der Waals surface area contributed by atoms with Gasteiger partial charge in [-0.2, -0.15) is 0 Å². The van der Waals surface area contributed by atoms with E-state index < -0.39 is 6.10 Å². The van der Waals surface area contributed by atoms with E-state index in [-0.39, 0.29) is 12.5 Å². The second-order valence-electron chi connectivity index (χ2n) is 5.27. The van der Waals surface area contributed by atoms with Crippen LogP contribution in [-0.2, 0) is 4.79 Å². The Kier molecular flexibility index (Phi) is 4.98. The normalized spacial score (nSPS) is 17.6. The van der Waals surface area contributed by atoms with Gasteiger partial charge in [-0.3, -0.25) is 9.69 Å². The number of para-hydroxylation sites is 1. The molecule has 5 nitrogen and oxygen atoms in total. The monoisotopic (exact) mass is 278 g/mol. The Hall–Kier alpha value is -1.59. The first-order chi connectivity index (χ1) is 9.56. The molecule has 0 aliphatic carbocycles. The number of piperazine rings is 1. The molecule has 0 radical (unpaired) electrons. The minimum absolute atomic E-state index is 0.0131. The van der Waals surface area contributed by atoms with E-state index in [4.69, 9.17) is 4.74 Å². The Morgan fingerprint density at radius 1 is 1.40 bits per heavy atom. The summed E-state index contributed by atoms with van der Waals surface area (Å²) in [6.45, 7) is 6.44. The third kappa shape index (κ3) is 3.95. The van der Waals surface area contributed by atoms with E-state index in [2.05, 4.69) is 5.32 Å². The number of rotatable bonds is 5. The molecule has 1 aromatic carbocycles. The highest BCUT2D eigenvalue weighted by Gasteiger charge is 2.19. The lowest BCUT2D eigenvalue weighted by atomic mass is 10.1. The van der Waals surface area contributed by atoms with Crippen molar-refractivity contribution in [3.8, 4) is 5.75 Å². The van der Waals surface area contributed by atoms with E-state index in [9.17, 15) is 9.90 Å². The number of carbonyl (C=O) groups excluding carboxylic acids is 1. The number of hydrogen-bond acceptors (Lipinski definition) is 4. The largest absolute Gasteiger partial charge is 0.490 e. The van der Waals surface area contributed by atoms with Crippen molar-refractivity contribution in [3.05, 3.63) is 29.3 Å². The Morgan fingerprint density at radius 2 is 2.10 bits per heavy atom. The maximum absolute atomic E-state index is 11.3. The summed E-state index contributed by atoms with van der Waals surface area (Å²) in [6.07, 6.45) is -0.597. The fourth-order valence-corrected chi connectivity index (χ4v) is 2.40. The number of nitrogens with zero attached hydrogens (tertiary/aromatic N) is 1. The quantitative estimate of drug-likeness (QED) is 0.822. The first-order valence-corrected chi connectivity index (χ1v) is 6.92. The SMILES string of the molecule is Cc1cccc(C)c1OC[C@H](O)CN1CCNC(=O)C1. The molecule has 1 atom stereocenters. The molecule has 1 aliphatic rings. The number of nitrogens with one attached hydrogen (secondary N) is 1. The van der Waals surface area contributed by atoms with Crippen LogP contribution in [0.4, 0.5) is 0 Å². The van der Waals surface area contributed by atoms with Crippen LogP contribution in [-0.4, -0.2) is 54.8 Å². The summed E-state index contributed by atoms with van der Waals surface area (Å²) >= 11 is 0. The van der Waals surface area contributed by atoms with Gasteiger partial charge in [-0.15, -0.1) is 0 Å². The van der Waals surface area contributed by atoms with Gasteiger partial charge in [-0.1, -0.05) is 18.2 Å². The van der Waals surface area contributed by atoms with Crippen LogP contribution >= 0.6 is 0 Å². The molecule has 0 aromatic heterocycles. The van der Waals surface area contributed by atoms with E-state index >= 15 is 0 Å². The van der Waals surface area contributed by atoms with Crippen LogP contribution in [0.2, 0.25) is 0 Å². The van der Waals surface area contributed by atoms with Gasteiger partial charge in [0.25, 0.3) is 0 Å². The number of aliphatic hydroxyl groups is 1. The average Bonchev–Trinajstić information content (AvgIpc) is 2.38. The number of aryl methyl sites for hydroxylation is 2. The molecule has 0 spiro atoms. The number of amides is 1. The second kappa shape index (κ2) is 6.72. The fourth-order valence-electron chi connectivity index (χ4n) is 2.40. The van der Waals surface area contributed by atoms with Crippen molar-refractivity contribution in [2.45, 2.75) is 20.0 Å². The molecule has 2 rings (SSSR count). The minimum Gasteiger partial charge on any atom is -0.490 e. The predicted molar refractivity (Wildman–Crippen MR) is 76.9 cm³/mol. The van der Waals surface area contributed by atoms with Gasteiger partial charge in [0.1, 0.15) is 18.5 Å². The molecule has 1 fully saturated rings. The molecule has 0 saturated carbocycles. The number of hydrogen-bond donors (Lipinski definition) is 2. The van der Waals surface area contributed by atoms with Crippen molar-refractivity contribution in [3.63, 3.8) is 0 Å². The van der Waals surface area contributed by atoms with Gasteiger partial charge in [-0.25, -0.2) is 0 Å². The van der Waals surface area contributed by atoms with E-state index in [0.717, 1.165) is 23.4 Å². The Bertz CT molecular complexity index is 456. The number of ether oxygens (including phenoxy) is 1. The Morgan fingerprint density at radius 3 is 2.75 bits per heavy atom. The summed E-state index contributed by atoms with van der Waals surface area (Å²) in [5.74, 6) is 0.849. The van der Waals surface area contributed by atoms with E-state index in [1.54, 1.807) is 0 Å². The summed E-state index contributed by atoms with van der Waals surface area (Å²) in [5, 5.41) is 12.8. The maximum Gasteiger partial charge on any atom is 0.234 e. The lowest BCUT2D eigenvalue weighted by molar-refractivity contribution is -0.124. The first-order valence-electron chi connectivity index (χ1n) is 6.92. The Balaban J connectivity index is 1.83. The molecular formula is C15H22N2O3. The molecule has 0 unspecified atom stereocenters. The van der Waals surface area contributed by atoms with Crippen LogP contribution < -0.4 is 10.1 Å². The number of carbonyl (C=O) groups is 1. The second-order valence-corrected chi connectivity index (χ2v) is 5.27. The summed E-state index contributed by atoms with van der Waals surface area (Å²) in [7, 11) is 0. The summed E-state index contributed by atoms with van der Waals surface area (Å²) < 4.78 is 5.72. The van der Waals surface area contributed by atoms with Crippen molar-refractivity contribution in [2.24, 2.45) is 0 Å². The zero-order valence-corrected chi connectivity index (χ0v) is 12.1. The number of β-amino-alcohol motifs (C(OH)–C–C–N with tert-alkyl or cyclic N) is 1. The van der Waals surface area contributed by atoms with E-state index in [0.29, 0.717) is 19.6 Å². The predicted octanol–water partition coefficient (Wildman–Crippen LogP) is 0.475. The molecule has 1 aliphatic heterocycles. The first kappa shape index (κ1) is 14.8. The summed E-state index contributed by atoms with van der Waals surface area (Å²) in [6, 6.07) is 5.97. The molecule has 20 heavy (non-hydrogen) atoms. The van der Waals surface area contributed by atoms with Crippen LogP contribution in [0.15, 0.2) is 18.2 Å². The highest BCUT2D eigenvalue weighted by Crippen LogP contribution is 2.22. The van der Waals surface area contributed by atoms with Gasteiger partial charge in [0.15, 0.2) is 0 Å². The van der Waals surface area contributed by atoms with Gasteiger partial charge in [0.2, 0.25) is 5.91 Å². The van der Waals surface area contributed by atoms with Crippen LogP contribution in [0.25, 0.3) is 0 Å². The van der Waals surface area contributed by atoms with Crippen LogP contribution in [0.1, 0.15) is 11.1 Å². The topological polar surface area (TPSA) is 61.8 Å². The number of benzene rings is 1. The average molecular weight is 278 g/mol. The minimum atomic E-state index is -0.597. The molecule has 5 heteroatoms. The van der Waals surface area contributed by atoms with Gasteiger partial charge in [0, 0.05) is 19.6 Å². The highest BCUT2D eigenvalue weighted by atomic mass is 16.5. The number of aliphatic hydroxyl groups excluding tert-OH is 1. The lowest BCUT2D eigenvalue weighted by Crippen LogP contribution is -2.50. The van der Waals surface area contributed by atoms with Crippen LogP contribution in [0.3, 0.4) is 0 Å². The fraction of sp³-hybridized carbons (Fsp3) is 0.533. The van der Waals surface area contributed by atoms with Crippen molar-refractivity contribution < 1.29 is 14.6 Å². The molecule has 0 bridgehead atoms. The molecule has 1 saturated heterocycles. The van der Waals surface area contributed by atoms with Crippen molar-refractivity contribution in [1.29, 1.82) is 0 Å². The summed E-state index contributed by atoms with van der Waals surface area (Å²) in [4.78, 5) is 13.2. The third-order valence-corrected chi connectivity index (χ3v) is 3.42. The van der Waals surface area contributed by atoms with Gasteiger partial charge < -0.3 is 15.2 Å². The molecular weight excluding hydrogens is 256 g/mol. The van der Waals surface area contributed by atoms with Gasteiger partial charge >= 0.3 is 0 Å². The van der Waals surface area contributed by atoms with E-state index in [1.165, 1.54) is 0 Å². The van der Waals surface area contributed by atoms with Gasteiger partial charge in [0.05, 0.1) is 6.54 Å². The van der Waals surface area contributed by atoms with Crippen LogP contribution in [0, 0.1) is 13.8 Å². The molecule has 1 heterocycles. The van der Waals surface area contributed by atoms with E-state index in [1.807, 2.05) is 36.9 Å². The highest BCUT2D eigenvalue weighted by molar-refractivity contribution is 5.78. The standard InChI is InChI=1S/C15H22N2O3/c1-11-4-3-5-12(2)15(11)20-10-13(18)8-17-7-6-16-14(19)9-17/h3-5,13,18H,6-10H2,1-2H3,(H,16,19)/t13-/m1/s1. The lowest BCUT2D eigenvalue weighted by Gasteiger charge is -2.28. The van der Waals surface area contributed by atoms with Crippen molar-refractivity contribution >= 4 is 5.91 Å². The third-order valence-electron chi connectivity index (χ3n) is 3.42. The maximum atomic E-state index is 11.3. The van der Waals surface area contributed by atoms with Crippen molar-refractivity contribution in [1.82, 2.24) is 10.2 Å². The van der Waals surface area contributed by atoms with Crippen molar-refractivity contribution in [2.75, 3.05) is 32.8 Å². The molecule has 2 N–H and O–H groups in total. The molecule has 1 aromatic rings. The van der Waals surface area contributed by atoms with Crippen LogP contribution in [0.5, 0.6) is 5.75 Å². The summed E-state index contributed by atoms with van der Waals surface area (Å²) in [5.41, 5.74) is 2.13. The Labute approximate surface area is 119 Å². The zero-order valence-electron chi connectivity index (χ0n) is 12.1. The van der Waals surface area contributed by atoms with Gasteiger partial charge in [-0.05, 0) is 25.0 Å². The zero-order chi connectivity index (χ0) is 14.5. The smallest absolute Gasteiger partial charge is 0.234 e. The molecule has 1 amide bonds. The molecule has 110 valence electrons.